The standard InChI is InChI=1S/C13H19NO/c1-11-9-14(8-7-13(11)15)10-12-5-3-2-4-6-12/h2-6,11,13,15H,7-10H2,1H3/t11-,13?/m0/s1. The molecule has 2 rings (SSSR count). The summed E-state index contributed by atoms with van der Waals surface area (Å²) in [5.41, 5.74) is 1.36. The molecule has 0 radical (unpaired) electrons. The summed E-state index contributed by atoms with van der Waals surface area (Å²) in [4.78, 5) is 2.42. The molecule has 0 aromatic heterocycles. The summed E-state index contributed by atoms with van der Waals surface area (Å²) in [6.45, 7) is 5.16. The maximum atomic E-state index is 9.63. The lowest BCUT2D eigenvalue weighted by atomic mass is 9.96. The van der Waals surface area contributed by atoms with Crippen LogP contribution < -0.4 is 0 Å². The third kappa shape index (κ3) is 2.80. The number of benzene rings is 1. The van der Waals surface area contributed by atoms with Crippen molar-refractivity contribution >= 4 is 0 Å². The number of nitrogens with zero attached hydrogens (tertiary/aromatic N) is 1. The molecule has 1 unspecified atom stereocenters. The lowest BCUT2D eigenvalue weighted by Gasteiger charge is -2.34. The lowest BCUT2D eigenvalue weighted by molar-refractivity contribution is 0.0320. The van der Waals surface area contributed by atoms with Crippen LogP contribution in [0.2, 0.25) is 0 Å². The number of likely N-dealkylation sites (tertiary alicyclic amines) is 1. The zero-order chi connectivity index (χ0) is 10.7. The molecule has 0 bridgehead atoms. The largest absolute Gasteiger partial charge is 0.393 e. The number of piperidine rings is 1. The highest BCUT2D eigenvalue weighted by atomic mass is 16.3. The van der Waals surface area contributed by atoms with Gasteiger partial charge in [-0.1, -0.05) is 37.3 Å². The third-order valence-corrected chi connectivity index (χ3v) is 3.19. The van der Waals surface area contributed by atoms with Crippen molar-refractivity contribution in [3.8, 4) is 0 Å². The van der Waals surface area contributed by atoms with Crippen molar-refractivity contribution < 1.29 is 5.11 Å². The molecular formula is C13H19NO. The van der Waals surface area contributed by atoms with Crippen molar-refractivity contribution in [1.82, 2.24) is 4.90 Å². The fraction of sp³-hybridized carbons (Fsp3) is 0.538. The summed E-state index contributed by atoms with van der Waals surface area (Å²) >= 11 is 0. The van der Waals surface area contributed by atoms with Crippen LogP contribution in [-0.2, 0) is 6.54 Å². The van der Waals surface area contributed by atoms with Gasteiger partial charge < -0.3 is 5.11 Å². The molecule has 0 amide bonds. The van der Waals surface area contributed by atoms with E-state index in [1.54, 1.807) is 0 Å². The van der Waals surface area contributed by atoms with E-state index in [1.165, 1.54) is 5.56 Å². The Labute approximate surface area is 91.5 Å². The van der Waals surface area contributed by atoms with E-state index in [-0.39, 0.29) is 6.10 Å². The van der Waals surface area contributed by atoms with E-state index in [2.05, 4.69) is 36.1 Å². The van der Waals surface area contributed by atoms with E-state index < -0.39 is 0 Å². The minimum Gasteiger partial charge on any atom is -0.393 e. The van der Waals surface area contributed by atoms with E-state index in [9.17, 15) is 5.11 Å². The van der Waals surface area contributed by atoms with Gasteiger partial charge in [-0.05, 0) is 17.9 Å². The first kappa shape index (κ1) is 10.7. The Hall–Kier alpha value is -0.860. The van der Waals surface area contributed by atoms with Gasteiger partial charge in [0, 0.05) is 19.6 Å². The minimum absolute atomic E-state index is 0.1000. The molecule has 1 aliphatic rings. The van der Waals surface area contributed by atoms with Crippen LogP contribution >= 0.6 is 0 Å². The van der Waals surface area contributed by atoms with Crippen molar-refractivity contribution in [1.29, 1.82) is 0 Å². The summed E-state index contributed by atoms with van der Waals surface area (Å²) in [6, 6.07) is 10.5. The Morgan fingerprint density at radius 2 is 2.07 bits per heavy atom. The van der Waals surface area contributed by atoms with Gasteiger partial charge in [-0.15, -0.1) is 0 Å². The first-order chi connectivity index (χ1) is 7.25. The van der Waals surface area contributed by atoms with Gasteiger partial charge in [-0.3, -0.25) is 4.90 Å². The van der Waals surface area contributed by atoms with Gasteiger partial charge in [0.2, 0.25) is 0 Å². The highest BCUT2D eigenvalue weighted by Gasteiger charge is 2.23. The Kier molecular flexibility index (Phi) is 3.39. The molecule has 2 heteroatoms. The maximum Gasteiger partial charge on any atom is 0.0590 e. The second kappa shape index (κ2) is 4.77. The van der Waals surface area contributed by atoms with E-state index in [4.69, 9.17) is 0 Å². The summed E-state index contributed by atoms with van der Waals surface area (Å²) in [5, 5.41) is 9.63. The molecule has 1 aromatic rings. The van der Waals surface area contributed by atoms with Crippen LogP contribution in [0.1, 0.15) is 18.9 Å². The van der Waals surface area contributed by atoms with Gasteiger partial charge >= 0.3 is 0 Å². The molecule has 2 atom stereocenters. The average Bonchev–Trinajstić information content (AvgIpc) is 2.25. The topological polar surface area (TPSA) is 23.5 Å². The fourth-order valence-corrected chi connectivity index (χ4v) is 2.20. The van der Waals surface area contributed by atoms with Gasteiger partial charge in [0.25, 0.3) is 0 Å². The normalized spacial score (nSPS) is 27.9. The Morgan fingerprint density at radius 1 is 1.33 bits per heavy atom. The second-order valence-corrected chi connectivity index (χ2v) is 4.55. The highest BCUT2D eigenvalue weighted by molar-refractivity contribution is 5.14. The number of hydrogen-bond acceptors (Lipinski definition) is 2. The van der Waals surface area contributed by atoms with Crippen LogP contribution in [-0.4, -0.2) is 29.2 Å². The van der Waals surface area contributed by atoms with Crippen molar-refractivity contribution in [3.63, 3.8) is 0 Å². The number of aliphatic hydroxyl groups is 1. The van der Waals surface area contributed by atoms with E-state index in [0.717, 1.165) is 26.1 Å². The fourth-order valence-electron chi connectivity index (χ4n) is 2.20. The molecule has 1 fully saturated rings. The molecule has 1 saturated heterocycles. The number of aliphatic hydroxyl groups excluding tert-OH is 1. The lowest BCUT2D eigenvalue weighted by Crippen LogP contribution is -2.41. The quantitative estimate of drug-likeness (QED) is 0.797. The third-order valence-electron chi connectivity index (χ3n) is 3.19. The van der Waals surface area contributed by atoms with Gasteiger partial charge in [-0.2, -0.15) is 0 Å². The zero-order valence-corrected chi connectivity index (χ0v) is 9.26. The summed E-state index contributed by atoms with van der Waals surface area (Å²) in [6.07, 6.45) is 0.811. The Balaban J connectivity index is 1.91. The van der Waals surface area contributed by atoms with Crippen molar-refractivity contribution in [3.05, 3.63) is 35.9 Å². The van der Waals surface area contributed by atoms with Crippen LogP contribution in [0, 0.1) is 5.92 Å². The zero-order valence-electron chi connectivity index (χ0n) is 9.26. The van der Waals surface area contributed by atoms with Crippen molar-refractivity contribution in [2.75, 3.05) is 13.1 Å². The molecule has 0 spiro atoms. The monoisotopic (exact) mass is 205 g/mol. The average molecular weight is 205 g/mol. The first-order valence-electron chi connectivity index (χ1n) is 5.70. The minimum atomic E-state index is -0.1000. The predicted octanol–water partition coefficient (Wildman–Crippen LogP) is 1.89. The smallest absolute Gasteiger partial charge is 0.0590 e. The van der Waals surface area contributed by atoms with E-state index in [0.29, 0.717) is 5.92 Å². The maximum absolute atomic E-state index is 9.63. The van der Waals surface area contributed by atoms with Crippen molar-refractivity contribution in [2.45, 2.75) is 26.0 Å². The first-order valence-corrected chi connectivity index (χ1v) is 5.70. The van der Waals surface area contributed by atoms with Crippen LogP contribution in [0.15, 0.2) is 30.3 Å². The molecule has 0 saturated carbocycles. The number of rotatable bonds is 2. The predicted molar refractivity (Wildman–Crippen MR) is 61.5 cm³/mol. The van der Waals surface area contributed by atoms with Gasteiger partial charge in [0.05, 0.1) is 6.10 Å². The molecule has 1 heterocycles. The molecule has 15 heavy (non-hydrogen) atoms. The molecule has 1 aromatic carbocycles. The van der Waals surface area contributed by atoms with E-state index >= 15 is 0 Å². The molecular weight excluding hydrogens is 186 g/mol. The van der Waals surface area contributed by atoms with Crippen LogP contribution in [0.4, 0.5) is 0 Å². The Bertz CT molecular complexity index is 299. The SMILES string of the molecule is C[C@H]1CN(Cc2ccccc2)CCC1O. The second-order valence-electron chi connectivity index (χ2n) is 4.55. The molecule has 0 aliphatic carbocycles. The van der Waals surface area contributed by atoms with Gasteiger partial charge in [0.1, 0.15) is 0 Å². The molecule has 1 N–H and O–H groups in total. The van der Waals surface area contributed by atoms with E-state index in [1.807, 2.05) is 6.07 Å². The molecule has 82 valence electrons. The van der Waals surface area contributed by atoms with Gasteiger partial charge in [-0.25, -0.2) is 0 Å². The van der Waals surface area contributed by atoms with Gasteiger partial charge in [0.15, 0.2) is 0 Å². The summed E-state index contributed by atoms with van der Waals surface area (Å²) in [5.74, 6) is 0.405. The summed E-state index contributed by atoms with van der Waals surface area (Å²) in [7, 11) is 0. The van der Waals surface area contributed by atoms with Crippen LogP contribution in [0.3, 0.4) is 0 Å². The number of hydrogen-bond donors (Lipinski definition) is 1. The van der Waals surface area contributed by atoms with Crippen LogP contribution in [0.25, 0.3) is 0 Å². The van der Waals surface area contributed by atoms with Crippen molar-refractivity contribution in [2.24, 2.45) is 5.92 Å². The molecule has 1 aliphatic heterocycles. The van der Waals surface area contributed by atoms with Crippen LogP contribution in [0.5, 0.6) is 0 Å². The Morgan fingerprint density at radius 3 is 2.73 bits per heavy atom. The summed E-state index contributed by atoms with van der Waals surface area (Å²) < 4.78 is 0. The molecule has 2 nitrogen and oxygen atoms in total. The highest BCUT2D eigenvalue weighted by Crippen LogP contribution is 2.18.